The summed E-state index contributed by atoms with van der Waals surface area (Å²) < 4.78 is 52.0. The number of carbonyl (C=O) groups is 1. The van der Waals surface area contributed by atoms with Crippen LogP contribution in [0, 0.1) is 11.6 Å². The molecule has 1 aromatic carbocycles. The SMILES string of the molecule is C[C@H](C(=O)O)N1CCN(S(=O)(=O)c2ccc(F)c(F)c2)CC1. The van der Waals surface area contributed by atoms with Crippen LogP contribution in [0.1, 0.15) is 6.92 Å². The van der Waals surface area contributed by atoms with Gasteiger partial charge < -0.3 is 5.11 Å². The fraction of sp³-hybridized carbons (Fsp3) is 0.462. The van der Waals surface area contributed by atoms with Crippen LogP contribution in [0.4, 0.5) is 8.78 Å². The molecule has 1 N–H and O–H groups in total. The number of hydrogen-bond acceptors (Lipinski definition) is 4. The number of piperazine rings is 1. The zero-order valence-electron chi connectivity index (χ0n) is 11.9. The Balaban J connectivity index is 2.12. The van der Waals surface area contributed by atoms with E-state index in [1.807, 2.05) is 0 Å². The molecule has 1 heterocycles. The molecule has 0 radical (unpaired) electrons. The van der Waals surface area contributed by atoms with Crippen LogP contribution in [0.15, 0.2) is 23.1 Å². The van der Waals surface area contributed by atoms with E-state index >= 15 is 0 Å². The van der Waals surface area contributed by atoms with Crippen molar-refractivity contribution in [2.45, 2.75) is 17.9 Å². The highest BCUT2D eigenvalue weighted by Crippen LogP contribution is 2.20. The van der Waals surface area contributed by atoms with E-state index < -0.39 is 33.7 Å². The van der Waals surface area contributed by atoms with Crippen molar-refractivity contribution in [1.29, 1.82) is 0 Å². The number of benzene rings is 1. The van der Waals surface area contributed by atoms with E-state index in [0.717, 1.165) is 16.4 Å². The molecule has 1 fully saturated rings. The lowest BCUT2D eigenvalue weighted by molar-refractivity contribution is -0.143. The molecule has 0 spiro atoms. The maximum absolute atomic E-state index is 13.2. The van der Waals surface area contributed by atoms with Crippen molar-refractivity contribution in [2.75, 3.05) is 26.2 Å². The Hall–Kier alpha value is -1.58. The van der Waals surface area contributed by atoms with Gasteiger partial charge in [-0.15, -0.1) is 0 Å². The number of halogens is 2. The number of rotatable bonds is 4. The second-order valence-corrected chi connectivity index (χ2v) is 6.97. The third-order valence-corrected chi connectivity index (χ3v) is 5.60. The van der Waals surface area contributed by atoms with E-state index in [0.29, 0.717) is 6.07 Å². The standard InChI is InChI=1S/C13H16F2N2O4S/c1-9(13(18)19)16-4-6-17(7-5-16)22(20,21)10-2-3-11(14)12(15)8-10/h2-3,8-9H,4-7H2,1H3,(H,18,19)/t9-/m1/s1. The first-order chi connectivity index (χ1) is 10.2. The third kappa shape index (κ3) is 3.26. The second kappa shape index (κ2) is 6.27. The minimum Gasteiger partial charge on any atom is -0.480 e. The topological polar surface area (TPSA) is 77.9 Å². The highest BCUT2D eigenvalue weighted by Gasteiger charge is 2.32. The molecule has 0 saturated carbocycles. The van der Waals surface area contributed by atoms with Gasteiger partial charge in [-0.05, 0) is 25.1 Å². The van der Waals surface area contributed by atoms with Crippen molar-refractivity contribution < 1.29 is 27.1 Å². The van der Waals surface area contributed by atoms with Gasteiger partial charge in [-0.1, -0.05) is 0 Å². The predicted octanol–water partition coefficient (Wildman–Crippen LogP) is 0.744. The molecule has 1 saturated heterocycles. The highest BCUT2D eigenvalue weighted by atomic mass is 32.2. The number of aliphatic carboxylic acids is 1. The third-order valence-electron chi connectivity index (χ3n) is 3.71. The summed E-state index contributed by atoms with van der Waals surface area (Å²) >= 11 is 0. The second-order valence-electron chi connectivity index (χ2n) is 5.03. The fourth-order valence-electron chi connectivity index (χ4n) is 2.27. The van der Waals surface area contributed by atoms with Gasteiger partial charge in [0.25, 0.3) is 0 Å². The van der Waals surface area contributed by atoms with Gasteiger partial charge in [0.2, 0.25) is 10.0 Å². The number of carboxylic acids is 1. The zero-order chi connectivity index (χ0) is 16.5. The molecule has 122 valence electrons. The zero-order valence-corrected chi connectivity index (χ0v) is 12.7. The Morgan fingerprint density at radius 3 is 2.27 bits per heavy atom. The minimum atomic E-state index is -3.92. The molecule has 0 aliphatic carbocycles. The van der Waals surface area contributed by atoms with Crippen molar-refractivity contribution in [3.8, 4) is 0 Å². The first-order valence-corrected chi connectivity index (χ1v) is 8.09. The summed E-state index contributed by atoms with van der Waals surface area (Å²) in [5.41, 5.74) is 0. The summed E-state index contributed by atoms with van der Waals surface area (Å²) in [6, 6.07) is 1.73. The smallest absolute Gasteiger partial charge is 0.320 e. The average Bonchev–Trinajstić information content (AvgIpc) is 2.49. The van der Waals surface area contributed by atoms with Crippen molar-refractivity contribution in [2.24, 2.45) is 0 Å². The quantitative estimate of drug-likeness (QED) is 0.879. The lowest BCUT2D eigenvalue weighted by atomic mass is 10.2. The van der Waals surface area contributed by atoms with E-state index in [-0.39, 0.29) is 31.1 Å². The lowest BCUT2D eigenvalue weighted by Gasteiger charge is -2.35. The summed E-state index contributed by atoms with van der Waals surface area (Å²) in [4.78, 5) is 12.3. The molecule has 22 heavy (non-hydrogen) atoms. The van der Waals surface area contributed by atoms with Crippen molar-refractivity contribution in [3.05, 3.63) is 29.8 Å². The van der Waals surface area contributed by atoms with Crippen molar-refractivity contribution in [3.63, 3.8) is 0 Å². The molecule has 2 rings (SSSR count). The highest BCUT2D eigenvalue weighted by molar-refractivity contribution is 7.89. The maximum atomic E-state index is 13.2. The Bertz CT molecular complexity index is 673. The van der Waals surface area contributed by atoms with Gasteiger partial charge in [-0.25, -0.2) is 17.2 Å². The minimum absolute atomic E-state index is 0.0962. The van der Waals surface area contributed by atoms with Gasteiger partial charge in [0.1, 0.15) is 6.04 Å². The van der Waals surface area contributed by atoms with E-state index in [1.54, 1.807) is 4.90 Å². The maximum Gasteiger partial charge on any atom is 0.320 e. The number of carboxylic acid groups (broad SMARTS) is 1. The molecule has 0 unspecified atom stereocenters. The van der Waals surface area contributed by atoms with Crippen molar-refractivity contribution in [1.82, 2.24) is 9.21 Å². The summed E-state index contributed by atoms with van der Waals surface area (Å²) in [6.45, 7) is 2.24. The van der Waals surface area contributed by atoms with Crippen LogP contribution < -0.4 is 0 Å². The molecule has 0 aromatic heterocycles. The molecule has 0 bridgehead atoms. The Morgan fingerprint density at radius 2 is 1.77 bits per heavy atom. The Kier molecular flexibility index (Phi) is 4.78. The van der Waals surface area contributed by atoms with Gasteiger partial charge in [0, 0.05) is 26.2 Å². The largest absolute Gasteiger partial charge is 0.480 e. The van der Waals surface area contributed by atoms with Gasteiger partial charge in [0.05, 0.1) is 4.90 Å². The van der Waals surface area contributed by atoms with Crippen LogP contribution in [-0.4, -0.2) is 60.9 Å². The van der Waals surface area contributed by atoms with Gasteiger partial charge >= 0.3 is 5.97 Å². The molecular weight excluding hydrogens is 318 g/mol. The number of nitrogens with zero attached hydrogens (tertiary/aromatic N) is 2. The molecule has 6 nitrogen and oxygen atoms in total. The van der Waals surface area contributed by atoms with E-state index in [4.69, 9.17) is 5.11 Å². The predicted molar refractivity (Wildman–Crippen MR) is 73.8 cm³/mol. The lowest BCUT2D eigenvalue weighted by Crippen LogP contribution is -2.53. The summed E-state index contributed by atoms with van der Waals surface area (Å²) in [5, 5.41) is 8.94. The van der Waals surface area contributed by atoms with E-state index in [9.17, 15) is 22.0 Å². The summed E-state index contributed by atoms with van der Waals surface area (Å²) in [6.07, 6.45) is 0. The van der Waals surface area contributed by atoms with Gasteiger partial charge in [-0.3, -0.25) is 9.69 Å². The van der Waals surface area contributed by atoms with E-state index in [1.165, 1.54) is 6.92 Å². The van der Waals surface area contributed by atoms with Crippen LogP contribution in [0.25, 0.3) is 0 Å². The van der Waals surface area contributed by atoms with Gasteiger partial charge in [0.15, 0.2) is 11.6 Å². The van der Waals surface area contributed by atoms with Crippen LogP contribution in [0.2, 0.25) is 0 Å². The van der Waals surface area contributed by atoms with E-state index in [2.05, 4.69) is 0 Å². The average molecular weight is 334 g/mol. The normalized spacial score (nSPS) is 19.0. The first-order valence-electron chi connectivity index (χ1n) is 6.65. The molecule has 9 heteroatoms. The molecule has 1 aliphatic rings. The van der Waals surface area contributed by atoms with Crippen LogP contribution in [0.5, 0.6) is 0 Å². The summed E-state index contributed by atoms with van der Waals surface area (Å²) in [5.74, 6) is -3.31. The molecule has 1 aliphatic heterocycles. The Morgan fingerprint density at radius 1 is 1.18 bits per heavy atom. The molecule has 0 amide bonds. The first kappa shape index (κ1) is 16.8. The fourth-order valence-corrected chi connectivity index (χ4v) is 3.71. The molecular formula is C13H16F2N2O4S. The number of hydrogen-bond donors (Lipinski definition) is 1. The molecule has 1 aromatic rings. The monoisotopic (exact) mass is 334 g/mol. The number of sulfonamides is 1. The van der Waals surface area contributed by atoms with Gasteiger partial charge in [-0.2, -0.15) is 4.31 Å². The van der Waals surface area contributed by atoms with Crippen LogP contribution in [-0.2, 0) is 14.8 Å². The molecule has 1 atom stereocenters. The van der Waals surface area contributed by atoms with Crippen LogP contribution in [0.3, 0.4) is 0 Å². The summed E-state index contributed by atoms with van der Waals surface area (Å²) in [7, 11) is -3.92. The van der Waals surface area contributed by atoms with Crippen molar-refractivity contribution >= 4 is 16.0 Å². The van der Waals surface area contributed by atoms with Crippen LogP contribution >= 0.6 is 0 Å². The Labute approximate surface area is 127 Å².